The Bertz CT molecular complexity index is 534. The number of hydrogen-bond donors (Lipinski definition) is 1. The van der Waals surface area contributed by atoms with Gasteiger partial charge in [-0.05, 0) is 48.5 Å². The first-order valence-electron chi connectivity index (χ1n) is 5.62. The van der Waals surface area contributed by atoms with Gasteiger partial charge in [-0.3, -0.25) is 0 Å². The van der Waals surface area contributed by atoms with Crippen molar-refractivity contribution in [1.29, 1.82) is 0 Å². The second-order valence-corrected chi connectivity index (χ2v) is 4.69. The van der Waals surface area contributed by atoms with E-state index in [0.717, 1.165) is 0 Å². The van der Waals surface area contributed by atoms with Crippen molar-refractivity contribution < 1.29 is 19.4 Å². The molecule has 6 heteroatoms. The Kier molecular flexibility index (Phi) is 4.71. The summed E-state index contributed by atoms with van der Waals surface area (Å²) in [6, 6.07) is 12.6. The zero-order valence-corrected chi connectivity index (χ0v) is 11.6. The quantitative estimate of drug-likeness (QED) is 0.852. The van der Waals surface area contributed by atoms with E-state index in [0.29, 0.717) is 21.5 Å². The van der Waals surface area contributed by atoms with Gasteiger partial charge in [0.05, 0.1) is 0 Å². The molecule has 1 N–H and O–H groups in total. The van der Waals surface area contributed by atoms with Gasteiger partial charge >= 0.3 is 12.3 Å². The van der Waals surface area contributed by atoms with Crippen molar-refractivity contribution in [2.24, 2.45) is 0 Å². The molecule has 0 saturated heterocycles. The van der Waals surface area contributed by atoms with Gasteiger partial charge in [-0.25, -0.2) is 4.79 Å². The van der Waals surface area contributed by atoms with Crippen LogP contribution in [0.4, 0.5) is 0 Å². The van der Waals surface area contributed by atoms with Crippen LogP contribution in [0.15, 0.2) is 48.5 Å². The fraction of sp³-hybridized carbons (Fsp3) is 0.0714. The number of hydrogen-bond acceptors (Lipinski definition) is 3. The molecule has 0 fully saturated rings. The van der Waals surface area contributed by atoms with Crippen LogP contribution < -0.4 is 9.47 Å². The lowest BCUT2D eigenvalue weighted by atomic mass is 10.3. The lowest BCUT2D eigenvalue weighted by molar-refractivity contribution is -0.158. The second kappa shape index (κ2) is 6.50. The van der Waals surface area contributed by atoms with E-state index in [1.165, 1.54) is 0 Å². The lowest BCUT2D eigenvalue weighted by Gasteiger charge is -2.16. The van der Waals surface area contributed by atoms with Crippen molar-refractivity contribution in [3.05, 3.63) is 58.6 Å². The molecule has 0 aliphatic heterocycles. The molecule has 2 aromatic rings. The van der Waals surface area contributed by atoms with E-state index in [9.17, 15) is 4.79 Å². The number of ether oxygens (including phenoxy) is 2. The molecule has 0 spiro atoms. The average molecular weight is 313 g/mol. The van der Waals surface area contributed by atoms with E-state index < -0.39 is 12.3 Å². The Morgan fingerprint density at radius 3 is 1.50 bits per heavy atom. The highest BCUT2D eigenvalue weighted by Gasteiger charge is 2.21. The summed E-state index contributed by atoms with van der Waals surface area (Å²) >= 11 is 11.5. The Hall–Kier alpha value is -1.91. The molecule has 104 valence electrons. The maximum Gasteiger partial charge on any atom is 0.387 e. The van der Waals surface area contributed by atoms with Gasteiger partial charge in [0.1, 0.15) is 11.5 Å². The minimum Gasteiger partial charge on any atom is -0.476 e. The second-order valence-electron chi connectivity index (χ2n) is 3.81. The number of halogens is 2. The number of aliphatic carboxylic acids is 1. The van der Waals surface area contributed by atoms with Crippen LogP contribution in [-0.4, -0.2) is 17.4 Å². The first-order valence-corrected chi connectivity index (χ1v) is 6.37. The van der Waals surface area contributed by atoms with E-state index >= 15 is 0 Å². The van der Waals surface area contributed by atoms with E-state index in [1.54, 1.807) is 48.5 Å². The van der Waals surface area contributed by atoms with Gasteiger partial charge in [0.15, 0.2) is 0 Å². The third kappa shape index (κ3) is 4.05. The SMILES string of the molecule is O=C(O)C(Oc1ccc(Cl)cc1)Oc1ccc(Cl)cc1. The number of benzene rings is 2. The maximum atomic E-state index is 11.1. The maximum absolute atomic E-state index is 11.1. The monoisotopic (exact) mass is 312 g/mol. The molecule has 0 aliphatic rings. The van der Waals surface area contributed by atoms with Crippen molar-refractivity contribution in [1.82, 2.24) is 0 Å². The highest BCUT2D eigenvalue weighted by atomic mass is 35.5. The summed E-state index contributed by atoms with van der Waals surface area (Å²) in [6.07, 6.45) is -1.46. The highest BCUT2D eigenvalue weighted by Crippen LogP contribution is 2.20. The van der Waals surface area contributed by atoms with Crippen molar-refractivity contribution in [2.45, 2.75) is 6.29 Å². The molecule has 0 unspecified atom stereocenters. The van der Waals surface area contributed by atoms with Gasteiger partial charge in [0, 0.05) is 10.0 Å². The molecule has 0 radical (unpaired) electrons. The number of rotatable bonds is 5. The third-order valence-corrected chi connectivity index (χ3v) is 2.82. The first kappa shape index (κ1) is 14.5. The fourth-order valence-electron chi connectivity index (χ4n) is 1.40. The minimum atomic E-state index is -1.46. The van der Waals surface area contributed by atoms with Gasteiger partial charge in [-0.15, -0.1) is 0 Å². The molecule has 2 aromatic carbocycles. The van der Waals surface area contributed by atoms with E-state index in [1.807, 2.05) is 0 Å². The predicted molar refractivity (Wildman–Crippen MR) is 75.6 cm³/mol. The number of carboxylic acids is 1. The Balaban J connectivity index is 2.09. The summed E-state index contributed by atoms with van der Waals surface area (Å²) in [7, 11) is 0. The standard InChI is InChI=1S/C14H10Cl2O4/c15-9-1-5-11(6-2-9)19-14(13(17)18)20-12-7-3-10(16)4-8-12/h1-8,14H,(H,17,18). The Labute approximate surface area is 125 Å². The van der Waals surface area contributed by atoms with Crippen molar-refractivity contribution >= 4 is 29.2 Å². The van der Waals surface area contributed by atoms with Gasteiger partial charge in [-0.1, -0.05) is 23.2 Å². The van der Waals surface area contributed by atoms with Crippen LogP contribution in [0.25, 0.3) is 0 Å². The van der Waals surface area contributed by atoms with E-state index in [2.05, 4.69) is 0 Å². The van der Waals surface area contributed by atoms with Crippen molar-refractivity contribution in [2.75, 3.05) is 0 Å². The summed E-state index contributed by atoms with van der Waals surface area (Å²) < 4.78 is 10.5. The van der Waals surface area contributed by atoms with Crippen LogP contribution in [0.2, 0.25) is 10.0 Å². The summed E-state index contributed by atoms with van der Waals surface area (Å²) in [4.78, 5) is 11.1. The molecule has 4 nitrogen and oxygen atoms in total. The summed E-state index contributed by atoms with van der Waals surface area (Å²) in [5, 5.41) is 10.2. The van der Waals surface area contributed by atoms with E-state index in [-0.39, 0.29) is 0 Å². The zero-order valence-electron chi connectivity index (χ0n) is 10.1. The Morgan fingerprint density at radius 1 is 0.850 bits per heavy atom. The molecule has 0 heterocycles. The highest BCUT2D eigenvalue weighted by molar-refractivity contribution is 6.30. The molecule has 0 bridgehead atoms. The van der Waals surface area contributed by atoms with Crippen LogP contribution in [0.5, 0.6) is 11.5 Å². The van der Waals surface area contributed by atoms with Crippen LogP contribution >= 0.6 is 23.2 Å². The molecule has 0 atom stereocenters. The lowest BCUT2D eigenvalue weighted by Crippen LogP contribution is -2.33. The van der Waals surface area contributed by atoms with Gasteiger partial charge in [0.25, 0.3) is 0 Å². The topological polar surface area (TPSA) is 55.8 Å². The van der Waals surface area contributed by atoms with Crippen LogP contribution in [0, 0.1) is 0 Å². The summed E-state index contributed by atoms with van der Waals surface area (Å²) in [6.45, 7) is 0. The number of carboxylic acid groups (broad SMARTS) is 1. The smallest absolute Gasteiger partial charge is 0.387 e. The Morgan fingerprint density at radius 2 is 1.20 bits per heavy atom. The predicted octanol–water partition coefficient (Wildman–Crippen LogP) is 3.86. The molecule has 0 saturated carbocycles. The molecular formula is C14H10Cl2O4. The van der Waals surface area contributed by atoms with Crippen molar-refractivity contribution in [3.63, 3.8) is 0 Å². The molecular weight excluding hydrogens is 303 g/mol. The summed E-state index contributed by atoms with van der Waals surface area (Å²) in [5.41, 5.74) is 0. The van der Waals surface area contributed by atoms with Crippen molar-refractivity contribution in [3.8, 4) is 11.5 Å². The average Bonchev–Trinajstić information content (AvgIpc) is 2.42. The van der Waals surface area contributed by atoms with Crippen LogP contribution in [0.1, 0.15) is 0 Å². The molecule has 0 amide bonds. The van der Waals surface area contributed by atoms with E-state index in [4.69, 9.17) is 37.8 Å². The fourth-order valence-corrected chi connectivity index (χ4v) is 1.65. The normalized spacial score (nSPS) is 10.3. The zero-order chi connectivity index (χ0) is 14.5. The van der Waals surface area contributed by atoms with Gasteiger partial charge in [0.2, 0.25) is 0 Å². The van der Waals surface area contributed by atoms with Gasteiger partial charge in [-0.2, -0.15) is 0 Å². The summed E-state index contributed by atoms with van der Waals surface area (Å²) in [5.74, 6) is -0.554. The first-order chi connectivity index (χ1) is 9.54. The molecule has 20 heavy (non-hydrogen) atoms. The molecule has 0 aliphatic carbocycles. The van der Waals surface area contributed by atoms with Crippen LogP contribution in [-0.2, 0) is 4.79 Å². The third-order valence-electron chi connectivity index (χ3n) is 2.32. The van der Waals surface area contributed by atoms with Crippen LogP contribution in [0.3, 0.4) is 0 Å². The largest absolute Gasteiger partial charge is 0.476 e. The minimum absolute atomic E-state index is 0.343. The molecule has 0 aromatic heterocycles. The molecule has 2 rings (SSSR count). The van der Waals surface area contributed by atoms with Gasteiger partial charge < -0.3 is 14.6 Å². The number of carbonyl (C=O) groups is 1.